The van der Waals surface area contributed by atoms with Gasteiger partial charge in [0.05, 0.1) is 0 Å². The van der Waals surface area contributed by atoms with E-state index in [9.17, 15) is 17.6 Å². The number of nitrogens with one attached hydrogen (secondary N) is 1. The van der Waals surface area contributed by atoms with E-state index in [1.54, 1.807) is 20.8 Å². The Bertz CT molecular complexity index is 1130. The zero-order valence-corrected chi connectivity index (χ0v) is 14.8. The van der Waals surface area contributed by atoms with E-state index in [-0.39, 0.29) is 21.7 Å². The topological polar surface area (TPSA) is 85.5 Å². The second kappa shape index (κ2) is 5.99. The highest BCUT2D eigenvalue weighted by molar-refractivity contribution is 7.92. The van der Waals surface area contributed by atoms with Crippen LogP contribution in [0.1, 0.15) is 18.3 Å². The highest BCUT2D eigenvalue weighted by Gasteiger charge is 2.19. The number of aromatic nitrogens is 3. The molecule has 0 fully saturated rings. The third-order valence-electron chi connectivity index (χ3n) is 3.88. The van der Waals surface area contributed by atoms with Gasteiger partial charge in [-0.2, -0.15) is 5.10 Å². The summed E-state index contributed by atoms with van der Waals surface area (Å²) in [6, 6.07) is 5.24. The molecule has 2 heterocycles. The molecule has 0 saturated heterocycles. The summed E-state index contributed by atoms with van der Waals surface area (Å²) in [6.07, 6.45) is 1.35. The van der Waals surface area contributed by atoms with Crippen LogP contribution in [0.2, 0.25) is 0 Å². The smallest absolute Gasteiger partial charge is 0.291 e. The van der Waals surface area contributed by atoms with Gasteiger partial charge >= 0.3 is 0 Å². The molecular formula is C16H17FN4O3S. The Kier molecular flexibility index (Phi) is 4.11. The van der Waals surface area contributed by atoms with Crippen LogP contribution >= 0.6 is 0 Å². The number of hydrogen-bond donors (Lipinski definition) is 1. The number of nitrogens with zero attached hydrogens (tertiary/aromatic N) is 3. The minimum absolute atomic E-state index is 0.0645. The van der Waals surface area contributed by atoms with Crippen LogP contribution in [0.3, 0.4) is 0 Å². The summed E-state index contributed by atoms with van der Waals surface area (Å²) in [5.41, 5.74) is 0.431. The van der Waals surface area contributed by atoms with Crippen molar-refractivity contribution in [2.24, 2.45) is 0 Å². The van der Waals surface area contributed by atoms with Crippen LogP contribution < -0.4 is 10.3 Å². The van der Waals surface area contributed by atoms with Crippen molar-refractivity contribution in [3.8, 4) is 0 Å². The molecule has 1 aromatic carbocycles. The van der Waals surface area contributed by atoms with Crippen LogP contribution in [0.15, 0.2) is 40.2 Å². The minimum atomic E-state index is -3.93. The molecule has 2 aromatic heterocycles. The van der Waals surface area contributed by atoms with E-state index in [0.717, 1.165) is 0 Å². The molecule has 0 saturated carbocycles. The molecule has 0 aliphatic carbocycles. The summed E-state index contributed by atoms with van der Waals surface area (Å²) < 4.78 is 43.6. The zero-order valence-electron chi connectivity index (χ0n) is 13.9. The van der Waals surface area contributed by atoms with Gasteiger partial charge in [-0.05, 0) is 50.6 Å². The van der Waals surface area contributed by atoms with Crippen molar-refractivity contribution in [3.63, 3.8) is 0 Å². The minimum Gasteiger partial charge on any atom is -0.298 e. The summed E-state index contributed by atoms with van der Waals surface area (Å²) in [6.45, 7) is 5.40. The highest BCUT2D eigenvalue weighted by Crippen LogP contribution is 2.20. The number of sulfonamides is 1. The molecule has 0 aliphatic heterocycles. The van der Waals surface area contributed by atoms with Crippen LogP contribution in [-0.4, -0.2) is 22.6 Å². The van der Waals surface area contributed by atoms with E-state index in [1.165, 1.54) is 39.5 Å². The largest absolute Gasteiger partial charge is 0.298 e. The average Bonchev–Trinajstić information content (AvgIpc) is 3.01. The summed E-state index contributed by atoms with van der Waals surface area (Å²) >= 11 is 0. The molecule has 0 unspecified atom stereocenters. The van der Waals surface area contributed by atoms with E-state index < -0.39 is 15.8 Å². The van der Waals surface area contributed by atoms with Crippen molar-refractivity contribution >= 4 is 21.2 Å². The number of rotatable bonds is 4. The monoisotopic (exact) mass is 364 g/mol. The van der Waals surface area contributed by atoms with Gasteiger partial charge in [-0.25, -0.2) is 17.5 Å². The van der Waals surface area contributed by atoms with Crippen molar-refractivity contribution in [1.29, 1.82) is 0 Å². The number of fused-ring (bicyclic) bond motifs is 1. The van der Waals surface area contributed by atoms with Gasteiger partial charge in [-0.1, -0.05) is 0 Å². The van der Waals surface area contributed by atoms with Crippen molar-refractivity contribution in [2.45, 2.75) is 32.2 Å². The maximum Gasteiger partial charge on any atom is 0.291 e. The molecule has 1 N–H and O–H groups in total. The second-order valence-electron chi connectivity index (χ2n) is 5.67. The fourth-order valence-electron chi connectivity index (χ4n) is 2.55. The summed E-state index contributed by atoms with van der Waals surface area (Å²) in [4.78, 5) is 12.3. The van der Waals surface area contributed by atoms with E-state index in [4.69, 9.17) is 0 Å². The molecular weight excluding hydrogens is 347 g/mol. The highest BCUT2D eigenvalue weighted by atomic mass is 32.2. The van der Waals surface area contributed by atoms with Crippen molar-refractivity contribution in [1.82, 2.24) is 14.2 Å². The lowest BCUT2D eigenvalue weighted by Crippen LogP contribution is -2.25. The first-order chi connectivity index (χ1) is 11.7. The normalized spacial score (nSPS) is 11.8. The van der Waals surface area contributed by atoms with Gasteiger partial charge in [-0.15, -0.1) is 0 Å². The lowest BCUT2D eigenvalue weighted by molar-refractivity contribution is 0.592. The first-order valence-electron chi connectivity index (χ1n) is 7.61. The number of hydrogen-bond acceptors (Lipinski definition) is 4. The lowest BCUT2D eigenvalue weighted by atomic mass is 10.2. The molecule has 0 radical (unpaired) electrons. The van der Waals surface area contributed by atoms with Gasteiger partial charge in [0.1, 0.15) is 22.1 Å². The standard InChI is InChI=1S/C16H17FN4O3S/c1-4-21-16(22)15-8-13(9-20(15)11(3)18-21)25(23,24)19-12-5-6-14(17)10(2)7-12/h5-9,19H,4H2,1-3H3. The molecule has 0 bridgehead atoms. The molecule has 132 valence electrons. The molecule has 0 amide bonds. The number of aryl methyl sites for hydroxylation is 3. The number of halogens is 1. The average molecular weight is 364 g/mol. The predicted octanol–water partition coefficient (Wildman–Crippen LogP) is 2.07. The fraction of sp³-hybridized carbons (Fsp3) is 0.250. The second-order valence-corrected chi connectivity index (χ2v) is 7.35. The number of benzene rings is 1. The van der Waals surface area contributed by atoms with E-state index in [2.05, 4.69) is 9.82 Å². The van der Waals surface area contributed by atoms with Gasteiger partial charge < -0.3 is 0 Å². The maximum atomic E-state index is 13.3. The fourth-order valence-corrected chi connectivity index (χ4v) is 3.62. The molecule has 0 atom stereocenters. The Morgan fingerprint density at radius 1 is 1.24 bits per heavy atom. The third-order valence-corrected chi connectivity index (χ3v) is 5.23. The van der Waals surface area contributed by atoms with Crippen LogP contribution in [0.25, 0.3) is 5.52 Å². The molecule has 0 aliphatic rings. The van der Waals surface area contributed by atoms with Crippen LogP contribution in [-0.2, 0) is 16.6 Å². The Morgan fingerprint density at radius 3 is 2.60 bits per heavy atom. The molecule has 9 heteroatoms. The Hall–Kier alpha value is -2.68. The van der Waals surface area contributed by atoms with Gasteiger partial charge in [0, 0.05) is 18.4 Å². The van der Waals surface area contributed by atoms with Crippen LogP contribution in [0.4, 0.5) is 10.1 Å². The molecule has 0 spiro atoms. The van der Waals surface area contributed by atoms with Crippen LogP contribution in [0, 0.1) is 19.7 Å². The first kappa shape index (κ1) is 17.2. The summed E-state index contributed by atoms with van der Waals surface area (Å²) in [7, 11) is -3.93. The van der Waals surface area contributed by atoms with E-state index >= 15 is 0 Å². The zero-order chi connectivity index (χ0) is 18.4. The summed E-state index contributed by atoms with van der Waals surface area (Å²) in [5.74, 6) is 0.0786. The van der Waals surface area contributed by atoms with Crippen molar-refractivity contribution < 1.29 is 12.8 Å². The van der Waals surface area contributed by atoms with Crippen molar-refractivity contribution in [3.05, 3.63) is 58.0 Å². The molecule has 3 rings (SSSR count). The van der Waals surface area contributed by atoms with E-state index in [0.29, 0.717) is 17.9 Å². The Labute approximate surface area is 143 Å². The third kappa shape index (κ3) is 3.02. The SMILES string of the molecule is CCn1nc(C)n2cc(S(=O)(=O)Nc3ccc(F)c(C)c3)cc2c1=O. The van der Waals surface area contributed by atoms with Crippen molar-refractivity contribution in [2.75, 3.05) is 4.72 Å². The quantitative estimate of drug-likeness (QED) is 0.768. The van der Waals surface area contributed by atoms with E-state index in [1.807, 2.05) is 0 Å². The lowest BCUT2D eigenvalue weighted by Gasteiger charge is -2.07. The van der Waals surface area contributed by atoms with Gasteiger partial charge in [0.15, 0.2) is 0 Å². The van der Waals surface area contributed by atoms with Gasteiger partial charge in [0.25, 0.3) is 15.6 Å². The Balaban J connectivity index is 2.08. The molecule has 25 heavy (non-hydrogen) atoms. The van der Waals surface area contributed by atoms with Crippen LogP contribution in [0.5, 0.6) is 0 Å². The molecule has 3 aromatic rings. The Morgan fingerprint density at radius 2 is 1.96 bits per heavy atom. The maximum absolute atomic E-state index is 13.3. The van der Waals surface area contributed by atoms with Gasteiger partial charge in [0.2, 0.25) is 0 Å². The predicted molar refractivity (Wildman–Crippen MR) is 91.8 cm³/mol. The molecule has 7 nitrogen and oxygen atoms in total. The number of anilines is 1. The first-order valence-corrected chi connectivity index (χ1v) is 9.10. The van der Waals surface area contributed by atoms with Gasteiger partial charge in [-0.3, -0.25) is 13.9 Å². The summed E-state index contributed by atoms with van der Waals surface area (Å²) in [5, 5.41) is 4.13.